The van der Waals surface area contributed by atoms with E-state index in [1.165, 1.54) is 0 Å². The van der Waals surface area contributed by atoms with Gasteiger partial charge in [-0.15, -0.1) is 0 Å². The van der Waals surface area contributed by atoms with Crippen LogP contribution < -0.4 is 0 Å². The normalized spacial score (nSPS) is 31.8. The zero-order chi connectivity index (χ0) is 17.2. The summed E-state index contributed by atoms with van der Waals surface area (Å²) >= 11 is 0. The lowest BCUT2D eigenvalue weighted by atomic mass is 9.99. The van der Waals surface area contributed by atoms with E-state index >= 15 is 0 Å². The fraction of sp³-hybridized carbons (Fsp3) is 0.625. The van der Waals surface area contributed by atoms with E-state index in [2.05, 4.69) is 23.7 Å². The van der Waals surface area contributed by atoms with Gasteiger partial charge in [0.05, 0.1) is 13.2 Å². The predicted octanol–water partition coefficient (Wildman–Crippen LogP) is -1.86. The van der Waals surface area contributed by atoms with Crippen LogP contribution >= 0.6 is 0 Å². The molecule has 7 nitrogen and oxygen atoms in total. The topological polar surface area (TPSA) is 120 Å². The third kappa shape index (κ3) is 6.30. The van der Waals surface area contributed by atoms with E-state index in [9.17, 15) is 20.4 Å². The average molecular weight is 326 g/mol. The molecule has 1 saturated heterocycles. The summed E-state index contributed by atoms with van der Waals surface area (Å²) in [6, 6.07) is 0. The van der Waals surface area contributed by atoms with Gasteiger partial charge >= 0.3 is 0 Å². The van der Waals surface area contributed by atoms with Crippen molar-refractivity contribution in [2.24, 2.45) is 0 Å². The summed E-state index contributed by atoms with van der Waals surface area (Å²) < 4.78 is 10.4. The molecule has 0 aromatic carbocycles. The van der Waals surface area contributed by atoms with Crippen molar-refractivity contribution in [3.05, 3.63) is 12.2 Å². The fourth-order valence-corrected chi connectivity index (χ4v) is 1.85. The summed E-state index contributed by atoms with van der Waals surface area (Å²) in [5.41, 5.74) is 0. The molecule has 0 bridgehead atoms. The third-order valence-electron chi connectivity index (χ3n) is 3.15. The van der Waals surface area contributed by atoms with Crippen LogP contribution in [0.15, 0.2) is 12.2 Å². The lowest BCUT2D eigenvalue weighted by molar-refractivity contribution is -0.301. The van der Waals surface area contributed by atoms with Crippen LogP contribution in [0.25, 0.3) is 0 Å². The minimum absolute atomic E-state index is 0.000822. The molecule has 0 spiro atoms. The molecule has 7 heteroatoms. The Morgan fingerprint density at radius 3 is 2.57 bits per heavy atom. The molecule has 0 aliphatic carbocycles. The highest BCUT2D eigenvalue weighted by Gasteiger charge is 2.43. The molecule has 6 atom stereocenters. The molecule has 0 unspecified atom stereocenters. The summed E-state index contributed by atoms with van der Waals surface area (Å²) in [5.74, 6) is 10.2. The van der Waals surface area contributed by atoms with Gasteiger partial charge in [0.15, 0.2) is 6.29 Å². The SMILES string of the molecule is C/C=C/C#CC#C[C@H](O)CCO[C@@H]1O[C@H](CO)[C@H](O)[C@H](O)[C@H]1O. The Kier molecular flexibility index (Phi) is 8.85. The minimum Gasteiger partial charge on any atom is -0.394 e. The first-order chi connectivity index (χ1) is 11.0. The van der Waals surface area contributed by atoms with Gasteiger partial charge in [-0.25, -0.2) is 0 Å². The van der Waals surface area contributed by atoms with E-state index in [1.807, 2.05) is 6.92 Å². The standard InChI is InChI=1S/C16H22O7/c1-2-3-4-5-6-7-11(18)8-9-22-16-15(21)14(20)13(19)12(10-17)23-16/h2-3,11-21H,8-10H2,1H3/b3-2+/t11-,12+,13-,14-,15+,16+/m0/s1. The molecule has 0 saturated carbocycles. The van der Waals surface area contributed by atoms with Crippen LogP contribution in [-0.4, -0.2) is 75.6 Å². The molecule has 1 aliphatic rings. The summed E-state index contributed by atoms with van der Waals surface area (Å²) in [5, 5.41) is 47.6. The van der Waals surface area contributed by atoms with Crippen LogP contribution in [0.2, 0.25) is 0 Å². The number of aliphatic hydroxyl groups excluding tert-OH is 5. The Labute approximate surface area is 135 Å². The summed E-state index contributed by atoms with van der Waals surface area (Å²) in [4.78, 5) is 0. The van der Waals surface area contributed by atoms with Gasteiger partial charge in [0.2, 0.25) is 0 Å². The first kappa shape index (κ1) is 19.6. The third-order valence-corrected chi connectivity index (χ3v) is 3.15. The number of hydrogen-bond acceptors (Lipinski definition) is 7. The minimum atomic E-state index is -1.49. The highest BCUT2D eigenvalue weighted by Crippen LogP contribution is 2.22. The van der Waals surface area contributed by atoms with Crippen molar-refractivity contribution in [1.29, 1.82) is 0 Å². The summed E-state index contributed by atoms with van der Waals surface area (Å²) in [7, 11) is 0. The number of hydrogen-bond donors (Lipinski definition) is 5. The van der Waals surface area contributed by atoms with Crippen molar-refractivity contribution in [2.45, 2.75) is 50.2 Å². The maximum absolute atomic E-state index is 9.75. The van der Waals surface area contributed by atoms with Crippen molar-refractivity contribution in [3.8, 4) is 23.7 Å². The van der Waals surface area contributed by atoms with Crippen LogP contribution in [0.3, 0.4) is 0 Å². The van der Waals surface area contributed by atoms with E-state index in [1.54, 1.807) is 12.2 Å². The quantitative estimate of drug-likeness (QED) is 0.376. The van der Waals surface area contributed by atoms with E-state index in [-0.39, 0.29) is 13.0 Å². The Bertz CT molecular complexity index is 494. The summed E-state index contributed by atoms with van der Waals surface area (Å²) in [6.45, 7) is 1.30. The Morgan fingerprint density at radius 1 is 1.17 bits per heavy atom. The Morgan fingerprint density at radius 2 is 1.91 bits per heavy atom. The molecule has 5 N–H and O–H groups in total. The Hall–Kier alpha value is -1.42. The Balaban J connectivity index is 2.41. The predicted molar refractivity (Wildman–Crippen MR) is 80.7 cm³/mol. The zero-order valence-corrected chi connectivity index (χ0v) is 12.8. The van der Waals surface area contributed by atoms with E-state index in [0.717, 1.165) is 0 Å². The van der Waals surface area contributed by atoms with Crippen LogP contribution in [0.4, 0.5) is 0 Å². The van der Waals surface area contributed by atoms with Crippen LogP contribution in [-0.2, 0) is 9.47 Å². The van der Waals surface area contributed by atoms with E-state index in [4.69, 9.17) is 14.6 Å². The van der Waals surface area contributed by atoms with Gasteiger partial charge in [0, 0.05) is 6.42 Å². The second-order valence-corrected chi connectivity index (χ2v) is 4.91. The van der Waals surface area contributed by atoms with Gasteiger partial charge < -0.3 is 35.0 Å². The summed E-state index contributed by atoms with van der Waals surface area (Å²) in [6.07, 6.45) is -4.02. The van der Waals surface area contributed by atoms with Crippen molar-refractivity contribution < 1.29 is 35.0 Å². The smallest absolute Gasteiger partial charge is 0.186 e. The first-order valence-electron chi connectivity index (χ1n) is 7.23. The maximum Gasteiger partial charge on any atom is 0.186 e. The molecule has 0 aromatic heterocycles. The molecule has 0 aromatic rings. The molecule has 128 valence electrons. The van der Waals surface area contributed by atoms with Gasteiger partial charge in [0.25, 0.3) is 0 Å². The largest absolute Gasteiger partial charge is 0.394 e. The number of ether oxygens (including phenoxy) is 2. The second kappa shape index (κ2) is 10.4. The molecule has 23 heavy (non-hydrogen) atoms. The fourth-order valence-electron chi connectivity index (χ4n) is 1.85. The van der Waals surface area contributed by atoms with Crippen molar-refractivity contribution in [2.75, 3.05) is 13.2 Å². The molecule has 0 amide bonds. The lowest BCUT2D eigenvalue weighted by Crippen LogP contribution is -2.59. The van der Waals surface area contributed by atoms with E-state index in [0.29, 0.717) is 0 Å². The van der Waals surface area contributed by atoms with Crippen molar-refractivity contribution in [1.82, 2.24) is 0 Å². The number of allylic oxidation sites excluding steroid dienone is 2. The molecule has 1 heterocycles. The van der Waals surface area contributed by atoms with Gasteiger partial charge in [-0.2, -0.15) is 0 Å². The van der Waals surface area contributed by atoms with Gasteiger partial charge in [-0.3, -0.25) is 0 Å². The van der Waals surface area contributed by atoms with Crippen molar-refractivity contribution in [3.63, 3.8) is 0 Å². The molecule has 1 aliphatic heterocycles. The lowest BCUT2D eigenvalue weighted by Gasteiger charge is -2.39. The van der Waals surface area contributed by atoms with Crippen molar-refractivity contribution >= 4 is 0 Å². The zero-order valence-electron chi connectivity index (χ0n) is 12.8. The number of rotatable bonds is 5. The molecular formula is C16H22O7. The van der Waals surface area contributed by atoms with Gasteiger partial charge in [-0.05, 0) is 24.8 Å². The molecule has 1 rings (SSSR count). The maximum atomic E-state index is 9.75. The van der Waals surface area contributed by atoms with Crippen LogP contribution in [0.1, 0.15) is 13.3 Å². The van der Waals surface area contributed by atoms with Crippen LogP contribution in [0.5, 0.6) is 0 Å². The molecular weight excluding hydrogens is 304 g/mol. The molecule has 0 radical (unpaired) electrons. The second-order valence-electron chi connectivity index (χ2n) is 4.91. The molecule has 1 fully saturated rings. The highest BCUT2D eigenvalue weighted by molar-refractivity contribution is 5.31. The first-order valence-corrected chi connectivity index (χ1v) is 7.23. The van der Waals surface area contributed by atoms with E-state index < -0.39 is 43.4 Å². The van der Waals surface area contributed by atoms with Crippen LogP contribution in [0, 0.1) is 23.7 Å². The monoisotopic (exact) mass is 326 g/mol. The average Bonchev–Trinajstić information content (AvgIpc) is 2.54. The van der Waals surface area contributed by atoms with Gasteiger partial charge in [-0.1, -0.05) is 17.9 Å². The van der Waals surface area contributed by atoms with Gasteiger partial charge in [0.1, 0.15) is 30.5 Å². The highest BCUT2D eigenvalue weighted by atomic mass is 16.7. The number of aliphatic hydroxyl groups is 5.